The molecule has 0 atom stereocenters. The van der Waals surface area contributed by atoms with Crippen LogP contribution in [0.2, 0.25) is 0 Å². The van der Waals surface area contributed by atoms with Crippen molar-refractivity contribution in [2.75, 3.05) is 5.32 Å². The van der Waals surface area contributed by atoms with Crippen molar-refractivity contribution in [2.24, 2.45) is 0 Å². The van der Waals surface area contributed by atoms with Gasteiger partial charge < -0.3 is 10.6 Å². The number of anilines is 1. The molecule has 2 aromatic carbocycles. The SMILES string of the molecule is Cc1cccc(C(C)C)c1NC(=O)CC(=O)NCc1ccccc1. The molecule has 4 nitrogen and oxygen atoms in total. The predicted molar refractivity (Wildman–Crippen MR) is 96.8 cm³/mol. The van der Waals surface area contributed by atoms with Gasteiger partial charge in [-0.2, -0.15) is 0 Å². The van der Waals surface area contributed by atoms with Crippen molar-refractivity contribution in [3.8, 4) is 0 Å². The lowest BCUT2D eigenvalue weighted by Gasteiger charge is -2.16. The Bertz CT molecular complexity index is 709. The van der Waals surface area contributed by atoms with E-state index in [0.717, 1.165) is 22.4 Å². The van der Waals surface area contributed by atoms with Gasteiger partial charge in [0.05, 0.1) is 0 Å². The minimum absolute atomic E-state index is 0.182. The van der Waals surface area contributed by atoms with Gasteiger partial charge in [0.2, 0.25) is 11.8 Å². The number of hydrogen-bond donors (Lipinski definition) is 2. The van der Waals surface area contributed by atoms with E-state index < -0.39 is 0 Å². The first-order valence-electron chi connectivity index (χ1n) is 8.17. The molecule has 0 radical (unpaired) electrons. The minimum atomic E-state index is -0.295. The van der Waals surface area contributed by atoms with Crippen molar-refractivity contribution in [1.29, 1.82) is 0 Å². The second-order valence-corrected chi connectivity index (χ2v) is 6.18. The van der Waals surface area contributed by atoms with Crippen LogP contribution < -0.4 is 10.6 Å². The summed E-state index contributed by atoms with van der Waals surface area (Å²) in [7, 11) is 0. The molecule has 0 aliphatic heterocycles. The number of nitrogens with one attached hydrogen (secondary N) is 2. The summed E-state index contributed by atoms with van der Waals surface area (Å²) in [6.45, 7) is 6.54. The van der Waals surface area contributed by atoms with Crippen molar-refractivity contribution >= 4 is 17.5 Å². The molecule has 2 rings (SSSR count). The molecule has 2 N–H and O–H groups in total. The standard InChI is InChI=1S/C20H24N2O2/c1-14(2)17-11-7-8-15(3)20(17)22-19(24)12-18(23)21-13-16-9-5-4-6-10-16/h4-11,14H,12-13H2,1-3H3,(H,21,23)(H,22,24). The second-order valence-electron chi connectivity index (χ2n) is 6.18. The van der Waals surface area contributed by atoms with Crippen LogP contribution in [0.15, 0.2) is 48.5 Å². The van der Waals surface area contributed by atoms with Crippen LogP contribution in [-0.4, -0.2) is 11.8 Å². The molecular weight excluding hydrogens is 300 g/mol. The van der Waals surface area contributed by atoms with Gasteiger partial charge in [-0.05, 0) is 29.5 Å². The van der Waals surface area contributed by atoms with Crippen LogP contribution >= 0.6 is 0 Å². The van der Waals surface area contributed by atoms with Gasteiger partial charge in [-0.25, -0.2) is 0 Å². The minimum Gasteiger partial charge on any atom is -0.352 e. The monoisotopic (exact) mass is 324 g/mol. The third-order valence-corrected chi connectivity index (χ3v) is 3.85. The van der Waals surface area contributed by atoms with Gasteiger partial charge in [-0.15, -0.1) is 0 Å². The highest BCUT2D eigenvalue weighted by atomic mass is 16.2. The molecule has 0 aliphatic rings. The van der Waals surface area contributed by atoms with Crippen LogP contribution in [0.5, 0.6) is 0 Å². The first-order chi connectivity index (χ1) is 11.5. The number of aryl methyl sites for hydroxylation is 1. The number of para-hydroxylation sites is 1. The smallest absolute Gasteiger partial charge is 0.233 e. The molecule has 0 spiro atoms. The lowest BCUT2D eigenvalue weighted by Crippen LogP contribution is -2.28. The van der Waals surface area contributed by atoms with E-state index in [-0.39, 0.29) is 18.2 Å². The van der Waals surface area contributed by atoms with E-state index in [1.54, 1.807) is 0 Å². The molecule has 0 heterocycles. The van der Waals surface area contributed by atoms with Crippen molar-refractivity contribution in [1.82, 2.24) is 5.32 Å². The van der Waals surface area contributed by atoms with E-state index in [9.17, 15) is 9.59 Å². The quantitative estimate of drug-likeness (QED) is 0.795. The highest BCUT2D eigenvalue weighted by molar-refractivity contribution is 6.04. The molecule has 126 valence electrons. The van der Waals surface area contributed by atoms with Gasteiger partial charge >= 0.3 is 0 Å². The molecule has 0 bridgehead atoms. The van der Waals surface area contributed by atoms with Crippen LogP contribution in [-0.2, 0) is 16.1 Å². The first kappa shape index (κ1) is 17.7. The van der Waals surface area contributed by atoms with Crippen LogP contribution in [0, 0.1) is 6.92 Å². The Morgan fingerprint density at radius 3 is 2.33 bits per heavy atom. The summed E-state index contributed by atoms with van der Waals surface area (Å²) < 4.78 is 0. The average Bonchev–Trinajstić information content (AvgIpc) is 2.55. The summed E-state index contributed by atoms with van der Waals surface area (Å²) in [5.41, 5.74) is 3.90. The normalized spacial score (nSPS) is 10.5. The summed E-state index contributed by atoms with van der Waals surface area (Å²) >= 11 is 0. The highest BCUT2D eigenvalue weighted by Crippen LogP contribution is 2.27. The Hall–Kier alpha value is -2.62. The summed E-state index contributed by atoms with van der Waals surface area (Å²) in [4.78, 5) is 24.1. The van der Waals surface area contributed by atoms with Crippen molar-refractivity contribution in [2.45, 2.75) is 39.7 Å². The molecule has 4 heteroatoms. The Labute approximate surface area is 143 Å². The number of benzene rings is 2. The van der Waals surface area contributed by atoms with Crippen molar-refractivity contribution in [3.05, 3.63) is 65.2 Å². The average molecular weight is 324 g/mol. The van der Waals surface area contributed by atoms with Gasteiger partial charge in [0.1, 0.15) is 6.42 Å². The molecule has 0 aromatic heterocycles. The first-order valence-corrected chi connectivity index (χ1v) is 8.17. The molecular formula is C20H24N2O2. The van der Waals surface area contributed by atoms with Gasteiger partial charge in [0.25, 0.3) is 0 Å². The lowest BCUT2D eigenvalue weighted by molar-refractivity contribution is -0.126. The maximum absolute atomic E-state index is 12.2. The number of amides is 2. The Morgan fingerprint density at radius 2 is 1.67 bits per heavy atom. The summed E-state index contributed by atoms with van der Waals surface area (Å²) in [6, 6.07) is 15.6. The van der Waals surface area contributed by atoms with Crippen LogP contribution in [0.1, 0.15) is 42.9 Å². The molecule has 2 amide bonds. The zero-order chi connectivity index (χ0) is 17.5. The fourth-order valence-corrected chi connectivity index (χ4v) is 2.53. The van der Waals surface area contributed by atoms with Crippen LogP contribution in [0.3, 0.4) is 0 Å². The summed E-state index contributed by atoms with van der Waals surface area (Å²) in [5.74, 6) is -0.278. The number of hydrogen-bond acceptors (Lipinski definition) is 2. The maximum Gasteiger partial charge on any atom is 0.233 e. The fraction of sp³-hybridized carbons (Fsp3) is 0.300. The van der Waals surface area contributed by atoms with Crippen LogP contribution in [0.4, 0.5) is 5.69 Å². The van der Waals surface area contributed by atoms with E-state index in [0.29, 0.717) is 12.5 Å². The zero-order valence-corrected chi connectivity index (χ0v) is 14.4. The van der Waals surface area contributed by atoms with Gasteiger partial charge in [-0.1, -0.05) is 62.4 Å². The lowest BCUT2D eigenvalue weighted by atomic mass is 9.98. The second kappa shape index (κ2) is 8.29. The molecule has 0 saturated heterocycles. The van der Waals surface area contributed by atoms with Crippen molar-refractivity contribution < 1.29 is 9.59 Å². The molecule has 0 fully saturated rings. The molecule has 0 unspecified atom stereocenters. The number of carbonyl (C=O) groups excluding carboxylic acids is 2. The summed E-state index contributed by atoms with van der Waals surface area (Å²) in [5, 5.41) is 5.66. The van der Waals surface area contributed by atoms with E-state index in [4.69, 9.17) is 0 Å². The third kappa shape index (κ3) is 4.95. The summed E-state index contributed by atoms with van der Waals surface area (Å²) in [6.07, 6.45) is -0.182. The van der Waals surface area contributed by atoms with E-state index in [1.807, 2.05) is 55.5 Å². The third-order valence-electron chi connectivity index (χ3n) is 3.85. The largest absolute Gasteiger partial charge is 0.352 e. The maximum atomic E-state index is 12.2. The topological polar surface area (TPSA) is 58.2 Å². The molecule has 24 heavy (non-hydrogen) atoms. The van der Waals surface area contributed by atoms with Crippen molar-refractivity contribution in [3.63, 3.8) is 0 Å². The van der Waals surface area contributed by atoms with Gasteiger partial charge in [0, 0.05) is 12.2 Å². The van der Waals surface area contributed by atoms with Gasteiger partial charge in [-0.3, -0.25) is 9.59 Å². The molecule has 2 aromatic rings. The Balaban J connectivity index is 1.92. The van der Waals surface area contributed by atoms with E-state index >= 15 is 0 Å². The fourth-order valence-electron chi connectivity index (χ4n) is 2.53. The van der Waals surface area contributed by atoms with E-state index in [2.05, 4.69) is 24.5 Å². The van der Waals surface area contributed by atoms with E-state index in [1.165, 1.54) is 0 Å². The molecule has 0 saturated carbocycles. The Morgan fingerprint density at radius 1 is 0.958 bits per heavy atom. The predicted octanol–water partition coefficient (Wildman–Crippen LogP) is 3.76. The highest BCUT2D eigenvalue weighted by Gasteiger charge is 2.14. The zero-order valence-electron chi connectivity index (χ0n) is 14.4. The number of rotatable bonds is 6. The van der Waals surface area contributed by atoms with Crippen LogP contribution in [0.25, 0.3) is 0 Å². The number of carbonyl (C=O) groups is 2. The van der Waals surface area contributed by atoms with Gasteiger partial charge in [0.15, 0.2) is 0 Å². The molecule has 0 aliphatic carbocycles. The Kier molecular flexibility index (Phi) is 6.13.